The van der Waals surface area contributed by atoms with E-state index in [1.807, 2.05) is 0 Å². The van der Waals surface area contributed by atoms with Crippen LogP contribution < -0.4 is 15.2 Å². The second-order valence-corrected chi connectivity index (χ2v) is 6.97. The molecule has 0 aliphatic carbocycles. The molecule has 0 bridgehead atoms. The lowest BCUT2D eigenvalue weighted by molar-refractivity contribution is 0.354. The normalized spacial score (nSPS) is 12.7. The van der Waals surface area contributed by atoms with Crippen LogP contribution in [0.25, 0.3) is 0 Å². The minimum absolute atomic E-state index is 0.0177. The van der Waals surface area contributed by atoms with Crippen molar-refractivity contribution in [2.24, 2.45) is 5.73 Å². The number of ether oxygens (including phenoxy) is 2. The summed E-state index contributed by atoms with van der Waals surface area (Å²) in [5, 5.41) is -0.965. The molecular weight excluding hydrogens is 321 g/mol. The van der Waals surface area contributed by atoms with Crippen molar-refractivity contribution in [1.82, 2.24) is 0 Å². The molecule has 2 N–H and O–H groups in total. The molecule has 0 aliphatic rings. The molecule has 2 aromatic carbocycles. The van der Waals surface area contributed by atoms with Crippen LogP contribution in [0.5, 0.6) is 11.5 Å². The summed E-state index contributed by atoms with van der Waals surface area (Å²) in [6, 6.07) is 9.50. The topological polar surface area (TPSA) is 78.6 Å². The van der Waals surface area contributed by atoms with E-state index in [4.69, 9.17) is 15.2 Å². The number of halogens is 1. The fourth-order valence-electron chi connectivity index (χ4n) is 2.28. The summed E-state index contributed by atoms with van der Waals surface area (Å²) in [6.45, 7) is -0.116. The highest BCUT2D eigenvalue weighted by atomic mass is 32.2. The van der Waals surface area contributed by atoms with Gasteiger partial charge in [0, 0.05) is 6.54 Å². The van der Waals surface area contributed by atoms with E-state index < -0.39 is 20.9 Å². The number of nitrogens with two attached hydrogens (primary N) is 1. The fraction of sp³-hybridized carbons (Fsp3) is 0.250. The molecule has 0 saturated heterocycles. The van der Waals surface area contributed by atoms with Crippen molar-refractivity contribution in [2.45, 2.75) is 10.1 Å². The first-order valence-corrected chi connectivity index (χ1v) is 8.40. The van der Waals surface area contributed by atoms with Crippen LogP contribution in [0.15, 0.2) is 47.4 Å². The molecule has 23 heavy (non-hydrogen) atoms. The Morgan fingerprint density at radius 3 is 2.17 bits per heavy atom. The first-order valence-electron chi connectivity index (χ1n) is 6.85. The van der Waals surface area contributed by atoms with Gasteiger partial charge in [-0.15, -0.1) is 0 Å². The zero-order valence-corrected chi connectivity index (χ0v) is 13.6. The Kier molecular flexibility index (Phi) is 5.23. The molecule has 0 aromatic heterocycles. The highest BCUT2D eigenvalue weighted by Gasteiger charge is 2.28. The van der Waals surface area contributed by atoms with Crippen LogP contribution in [0.3, 0.4) is 0 Å². The van der Waals surface area contributed by atoms with Crippen LogP contribution in [-0.4, -0.2) is 29.2 Å². The Labute approximate surface area is 134 Å². The molecule has 0 aliphatic heterocycles. The quantitative estimate of drug-likeness (QED) is 0.817. The van der Waals surface area contributed by atoms with Crippen molar-refractivity contribution >= 4 is 9.84 Å². The lowest BCUT2D eigenvalue weighted by atomic mass is 10.1. The van der Waals surface area contributed by atoms with Crippen LogP contribution in [0.2, 0.25) is 0 Å². The number of sulfone groups is 1. The maximum atomic E-state index is 13.0. The third-order valence-corrected chi connectivity index (χ3v) is 5.65. The highest BCUT2D eigenvalue weighted by molar-refractivity contribution is 7.91. The SMILES string of the molecule is COc1ccc(C(CN)S(=O)(=O)c2ccc(F)cc2)cc1OC. The Morgan fingerprint density at radius 2 is 1.65 bits per heavy atom. The third kappa shape index (κ3) is 3.46. The maximum absolute atomic E-state index is 13.0. The molecule has 0 fully saturated rings. The Hall–Kier alpha value is -2.12. The maximum Gasteiger partial charge on any atom is 0.186 e. The van der Waals surface area contributed by atoms with E-state index in [2.05, 4.69) is 0 Å². The summed E-state index contributed by atoms with van der Waals surface area (Å²) in [5.41, 5.74) is 6.18. The van der Waals surface area contributed by atoms with Crippen molar-refractivity contribution < 1.29 is 22.3 Å². The van der Waals surface area contributed by atoms with Gasteiger partial charge in [-0.25, -0.2) is 12.8 Å². The first-order chi connectivity index (χ1) is 10.9. The largest absolute Gasteiger partial charge is 0.493 e. The smallest absolute Gasteiger partial charge is 0.186 e. The summed E-state index contributed by atoms with van der Waals surface area (Å²) < 4.78 is 48.9. The summed E-state index contributed by atoms with van der Waals surface area (Å²) >= 11 is 0. The van der Waals surface area contributed by atoms with E-state index in [-0.39, 0.29) is 11.4 Å². The van der Waals surface area contributed by atoms with E-state index in [9.17, 15) is 12.8 Å². The number of rotatable bonds is 6. The lowest BCUT2D eigenvalue weighted by Crippen LogP contribution is -2.22. The first kappa shape index (κ1) is 17.2. The lowest BCUT2D eigenvalue weighted by Gasteiger charge is -2.18. The van der Waals surface area contributed by atoms with Gasteiger partial charge < -0.3 is 15.2 Å². The molecule has 7 heteroatoms. The summed E-state index contributed by atoms with van der Waals surface area (Å²) in [7, 11) is -0.794. The highest BCUT2D eigenvalue weighted by Crippen LogP contribution is 2.34. The van der Waals surface area contributed by atoms with Crippen LogP contribution >= 0.6 is 0 Å². The van der Waals surface area contributed by atoms with E-state index >= 15 is 0 Å². The summed E-state index contributed by atoms with van der Waals surface area (Å²) in [5.74, 6) is 0.406. The number of hydrogen-bond acceptors (Lipinski definition) is 5. The van der Waals surface area contributed by atoms with Crippen LogP contribution in [0.4, 0.5) is 4.39 Å². The van der Waals surface area contributed by atoms with Gasteiger partial charge in [0.1, 0.15) is 11.1 Å². The average Bonchev–Trinajstić information content (AvgIpc) is 2.55. The molecule has 1 atom stereocenters. The third-order valence-electron chi connectivity index (χ3n) is 3.51. The number of hydrogen-bond donors (Lipinski definition) is 1. The van der Waals surface area contributed by atoms with E-state index in [0.717, 1.165) is 12.1 Å². The standard InChI is InChI=1S/C16H18FNO4S/c1-21-14-8-3-11(9-15(14)22-2)16(10-18)23(19,20)13-6-4-12(17)5-7-13/h3-9,16H,10,18H2,1-2H3. The second-order valence-electron chi connectivity index (χ2n) is 4.84. The predicted octanol–water partition coefficient (Wildman–Crippen LogP) is 2.32. The molecule has 0 heterocycles. The second kappa shape index (κ2) is 6.97. The molecule has 0 saturated carbocycles. The zero-order chi connectivity index (χ0) is 17.0. The Bertz CT molecular complexity index is 775. The van der Waals surface area contributed by atoms with Crippen LogP contribution in [0, 0.1) is 5.82 Å². The summed E-state index contributed by atoms with van der Waals surface area (Å²) in [6.07, 6.45) is 0. The molecule has 0 spiro atoms. The summed E-state index contributed by atoms with van der Waals surface area (Å²) in [4.78, 5) is 0.0177. The van der Waals surface area contributed by atoms with Gasteiger partial charge in [-0.3, -0.25) is 0 Å². The number of benzene rings is 2. The Balaban J connectivity index is 2.48. The van der Waals surface area contributed by atoms with Gasteiger partial charge in [0.2, 0.25) is 0 Å². The molecule has 0 radical (unpaired) electrons. The molecule has 1 unspecified atom stereocenters. The predicted molar refractivity (Wildman–Crippen MR) is 84.9 cm³/mol. The Morgan fingerprint density at radius 1 is 1.04 bits per heavy atom. The van der Waals surface area contributed by atoms with Crippen LogP contribution in [0.1, 0.15) is 10.8 Å². The van der Waals surface area contributed by atoms with E-state index in [1.54, 1.807) is 18.2 Å². The van der Waals surface area contributed by atoms with E-state index in [0.29, 0.717) is 17.1 Å². The van der Waals surface area contributed by atoms with Gasteiger partial charge in [0.05, 0.1) is 19.1 Å². The van der Waals surface area contributed by atoms with Crippen molar-refractivity contribution in [2.75, 3.05) is 20.8 Å². The van der Waals surface area contributed by atoms with Crippen molar-refractivity contribution in [1.29, 1.82) is 0 Å². The number of methoxy groups -OCH3 is 2. The minimum atomic E-state index is -3.75. The van der Waals surface area contributed by atoms with Crippen LogP contribution in [-0.2, 0) is 9.84 Å². The van der Waals surface area contributed by atoms with Gasteiger partial charge in [-0.2, -0.15) is 0 Å². The van der Waals surface area contributed by atoms with E-state index in [1.165, 1.54) is 26.4 Å². The molecule has 2 aromatic rings. The van der Waals surface area contributed by atoms with Crippen molar-refractivity contribution in [3.05, 3.63) is 53.8 Å². The van der Waals surface area contributed by atoms with Crippen molar-refractivity contribution in [3.8, 4) is 11.5 Å². The van der Waals surface area contributed by atoms with Gasteiger partial charge in [0.15, 0.2) is 21.3 Å². The average molecular weight is 339 g/mol. The molecule has 0 amide bonds. The molecule has 5 nitrogen and oxygen atoms in total. The fourth-order valence-corrected chi connectivity index (χ4v) is 3.89. The van der Waals surface area contributed by atoms with Gasteiger partial charge in [-0.05, 0) is 42.0 Å². The van der Waals surface area contributed by atoms with Crippen molar-refractivity contribution in [3.63, 3.8) is 0 Å². The van der Waals surface area contributed by atoms with Gasteiger partial charge in [-0.1, -0.05) is 6.07 Å². The molecule has 124 valence electrons. The molecule has 2 rings (SSSR count). The van der Waals surface area contributed by atoms with Gasteiger partial charge >= 0.3 is 0 Å². The minimum Gasteiger partial charge on any atom is -0.493 e. The van der Waals surface area contributed by atoms with Gasteiger partial charge in [0.25, 0.3) is 0 Å². The monoisotopic (exact) mass is 339 g/mol. The molecular formula is C16H18FNO4S. The zero-order valence-electron chi connectivity index (χ0n) is 12.8.